The number of anilines is 1. The summed E-state index contributed by atoms with van der Waals surface area (Å²) in [5.41, 5.74) is 2.27. The Balaban J connectivity index is 1.56. The third kappa shape index (κ3) is 5.34. The minimum atomic E-state index is -0.368. The maximum absolute atomic E-state index is 14.3. The molecule has 1 aliphatic rings. The highest BCUT2D eigenvalue weighted by Crippen LogP contribution is 2.36. The molecule has 0 saturated carbocycles. The Morgan fingerprint density at radius 3 is 2.47 bits per heavy atom. The molecule has 0 spiro atoms. The molecule has 0 atom stereocenters. The van der Waals surface area contributed by atoms with Gasteiger partial charge in [-0.25, -0.2) is 4.39 Å². The van der Waals surface area contributed by atoms with Gasteiger partial charge in [0.15, 0.2) is 11.5 Å². The van der Waals surface area contributed by atoms with Gasteiger partial charge in [0.2, 0.25) is 0 Å². The van der Waals surface area contributed by atoms with Crippen molar-refractivity contribution >= 4 is 23.6 Å². The zero-order valence-corrected chi connectivity index (χ0v) is 19.3. The fraction of sp³-hybridized carbons (Fsp3) is 0.214. The highest BCUT2D eigenvalue weighted by Gasteiger charge is 2.30. The maximum Gasteiger partial charge on any atom is 0.294 e. The lowest BCUT2D eigenvalue weighted by Crippen LogP contribution is -2.37. The van der Waals surface area contributed by atoms with Gasteiger partial charge >= 0.3 is 0 Å². The quantitative estimate of drug-likeness (QED) is 0.471. The highest BCUT2D eigenvalue weighted by molar-refractivity contribution is 6.09. The number of nitrogens with zero attached hydrogens (tertiary/aromatic N) is 1. The summed E-state index contributed by atoms with van der Waals surface area (Å²) < 4.78 is 20.2. The number of carbonyl (C=O) groups is 2. The predicted octanol–water partition coefficient (Wildman–Crippen LogP) is 5.57. The van der Waals surface area contributed by atoms with Gasteiger partial charge in [0.25, 0.3) is 11.8 Å². The number of halogens is 1. The molecule has 0 saturated heterocycles. The summed E-state index contributed by atoms with van der Waals surface area (Å²) in [7, 11) is 0. The van der Waals surface area contributed by atoms with Gasteiger partial charge in [-0.15, -0.1) is 0 Å². The molecule has 1 aliphatic heterocycles. The van der Waals surface area contributed by atoms with E-state index in [2.05, 4.69) is 19.2 Å². The lowest BCUT2D eigenvalue weighted by molar-refractivity contribution is -0.117. The maximum atomic E-state index is 14.3. The van der Waals surface area contributed by atoms with Gasteiger partial charge in [-0.05, 0) is 54.3 Å². The second-order valence-corrected chi connectivity index (χ2v) is 8.62. The van der Waals surface area contributed by atoms with Crippen LogP contribution in [0.15, 0.2) is 78.6 Å². The summed E-state index contributed by atoms with van der Waals surface area (Å²) in [6, 6.07) is 20.5. The predicted molar refractivity (Wildman–Crippen MR) is 131 cm³/mol. The fourth-order valence-corrected chi connectivity index (χ4v) is 3.67. The standard InChI is InChI=1S/C28H27FN2O3/c1-19(2)15-16-30-27(32)21-13-11-20(12-14-21)17-26-28(33)31(18-22-7-3-4-8-23(22)29)24-9-5-6-10-25(24)34-26/h3-14,17,19H,15-16,18H2,1-2H3,(H,30,32)/b26-17+. The molecule has 1 heterocycles. The summed E-state index contributed by atoms with van der Waals surface area (Å²) in [6.45, 7) is 4.93. The van der Waals surface area contributed by atoms with E-state index in [9.17, 15) is 14.0 Å². The molecule has 0 aliphatic carbocycles. The third-order valence-corrected chi connectivity index (χ3v) is 5.60. The monoisotopic (exact) mass is 458 g/mol. The summed E-state index contributed by atoms with van der Waals surface area (Å²) >= 11 is 0. The lowest BCUT2D eigenvalue weighted by atomic mass is 10.1. The molecule has 174 valence electrons. The second kappa shape index (κ2) is 10.3. The van der Waals surface area contributed by atoms with Crippen molar-refractivity contribution in [2.45, 2.75) is 26.8 Å². The average Bonchev–Trinajstić information content (AvgIpc) is 2.83. The van der Waals surface area contributed by atoms with E-state index in [1.807, 2.05) is 12.1 Å². The first-order valence-corrected chi connectivity index (χ1v) is 11.3. The fourth-order valence-electron chi connectivity index (χ4n) is 3.67. The van der Waals surface area contributed by atoms with Gasteiger partial charge in [-0.3, -0.25) is 14.5 Å². The number of amides is 2. The lowest BCUT2D eigenvalue weighted by Gasteiger charge is -2.30. The smallest absolute Gasteiger partial charge is 0.294 e. The van der Waals surface area contributed by atoms with Crippen molar-refractivity contribution in [3.05, 3.63) is 101 Å². The molecule has 5 nitrogen and oxygen atoms in total. The molecule has 0 fully saturated rings. The molecule has 6 heteroatoms. The number of nitrogens with one attached hydrogen (secondary N) is 1. The molecule has 3 aromatic rings. The number of fused-ring (bicyclic) bond motifs is 1. The number of rotatable bonds is 7. The third-order valence-electron chi connectivity index (χ3n) is 5.60. The van der Waals surface area contributed by atoms with Crippen LogP contribution < -0.4 is 15.0 Å². The molecule has 34 heavy (non-hydrogen) atoms. The van der Waals surface area contributed by atoms with Crippen LogP contribution in [0.3, 0.4) is 0 Å². The zero-order valence-electron chi connectivity index (χ0n) is 19.3. The Morgan fingerprint density at radius 2 is 1.74 bits per heavy atom. The molecule has 0 bridgehead atoms. The van der Waals surface area contributed by atoms with Crippen molar-refractivity contribution < 1.29 is 18.7 Å². The van der Waals surface area contributed by atoms with E-state index < -0.39 is 0 Å². The van der Waals surface area contributed by atoms with Crippen LogP contribution in [0.1, 0.15) is 41.8 Å². The molecule has 4 rings (SSSR count). The van der Waals surface area contributed by atoms with E-state index in [1.54, 1.807) is 60.7 Å². The number of ether oxygens (including phenoxy) is 1. The van der Waals surface area contributed by atoms with Gasteiger partial charge in [0, 0.05) is 17.7 Å². The van der Waals surface area contributed by atoms with E-state index in [0.717, 1.165) is 6.42 Å². The molecule has 0 radical (unpaired) electrons. The van der Waals surface area contributed by atoms with Gasteiger partial charge < -0.3 is 10.1 Å². The Labute approximate surface area is 198 Å². The van der Waals surface area contributed by atoms with Gasteiger partial charge in [-0.1, -0.05) is 56.3 Å². The minimum Gasteiger partial charge on any atom is -0.449 e. The first kappa shape index (κ1) is 23.2. The molecule has 0 unspecified atom stereocenters. The SMILES string of the molecule is CC(C)CCNC(=O)c1ccc(/C=C2/Oc3ccccc3N(Cc3ccccc3F)C2=O)cc1. The summed E-state index contributed by atoms with van der Waals surface area (Å²) in [5, 5.41) is 2.91. The number of carbonyl (C=O) groups excluding carboxylic acids is 2. The molecule has 3 aromatic carbocycles. The van der Waals surface area contributed by atoms with E-state index >= 15 is 0 Å². The molecule has 2 amide bonds. The van der Waals surface area contributed by atoms with Crippen molar-refractivity contribution in [1.82, 2.24) is 5.32 Å². The van der Waals surface area contributed by atoms with Crippen LogP contribution in [0.2, 0.25) is 0 Å². The number of para-hydroxylation sites is 2. The van der Waals surface area contributed by atoms with Crippen LogP contribution in [-0.4, -0.2) is 18.4 Å². The Hall–Kier alpha value is -3.93. The molecular weight excluding hydrogens is 431 g/mol. The van der Waals surface area contributed by atoms with Crippen molar-refractivity contribution in [3.8, 4) is 5.75 Å². The van der Waals surface area contributed by atoms with Crippen LogP contribution in [0.4, 0.5) is 10.1 Å². The zero-order chi connectivity index (χ0) is 24.1. The minimum absolute atomic E-state index is 0.0820. The first-order valence-electron chi connectivity index (χ1n) is 11.3. The van der Waals surface area contributed by atoms with Crippen LogP contribution >= 0.6 is 0 Å². The van der Waals surface area contributed by atoms with Gasteiger partial charge in [-0.2, -0.15) is 0 Å². The average molecular weight is 459 g/mol. The van der Waals surface area contributed by atoms with Crippen LogP contribution in [0.25, 0.3) is 6.08 Å². The van der Waals surface area contributed by atoms with Gasteiger partial charge in [0.1, 0.15) is 5.82 Å². The van der Waals surface area contributed by atoms with E-state index in [-0.39, 0.29) is 29.9 Å². The van der Waals surface area contributed by atoms with E-state index in [4.69, 9.17) is 4.74 Å². The van der Waals surface area contributed by atoms with Crippen molar-refractivity contribution in [2.75, 3.05) is 11.4 Å². The summed E-state index contributed by atoms with van der Waals surface area (Å²) in [4.78, 5) is 27.1. The number of hydrogen-bond donors (Lipinski definition) is 1. The Morgan fingerprint density at radius 1 is 1.03 bits per heavy atom. The molecular formula is C28H27FN2O3. The van der Waals surface area contributed by atoms with Crippen molar-refractivity contribution in [2.24, 2.45) is 5.92 Å². The van der Waals surface area contributed by atoms with Crippen LogP contribution in [0.5, 0.6) is 5.75 Å². The summed E-state index contributed by atoms with van der Waals surface area (Å²) in [5.74, 6) is 0.305. The van der Waals surface area contributed by atoms with Crippen molar-refractivity contribution in [3.63, 3.8) is 0 Å². The Kier molecular flexibility index (Phi) is 7.07. The topological polar surface area (TPSA) is 58.6 Å². The first-order chi connectivity index (χ1) is 16.4. The summed E-state index contributed by atoms with van der Waals surface area (Å²) in [6.07, 6.45) is 2.55. The molecule has 0 aromatic heterocycles. The number of hydrogen-bond acceptors (Lipinski definition) is 3. The Bertz CT molecular complexity index is 1220. The normalized spacial score (nSPS) is 14.2. The second-order valence-electron chi connectivity index (χ2n) is 8.62. The number of benzene rings is 3. The largest absolute Gasteiger partial charge is 0.449 e. The van der Waals surface area contributed by atoms with Crippen LogP contribution in [0, 0.1) is 11.7 Å². The molecule has 1 N–H and O–H groups in total. The van der Waals surface area contributed by atoms with E-state index in [0.29, 0.717) is 40.6 Å². The van der Waals surface area contributed by atoms with E-state index in [1.165, 1.54) is 11.0 Å². The highest BCUT2D eigenvalue weighted by atomic mass is 19.1. The van der Waals surface area contributed by atoms with Gasteiger partial charge in [0.05, 0.1) is 12.2 Å². The van der Waals surface area contributed by atoms with Crippen molar-refractivity contribution in [1.29, 1.82) is 0 Å². The van der Waals surface area contributed by atoms with Crippen LogP contribution in [-0.2, 0) is 11.3 Å².